The Morgan fingerprint density at radius 3 is 2.66 bits per heavy atom. The van der Waals surface area contributed by atoms with Crippen LogP contribution in [0.15, 0.2) is 48.5 Å². The van der Waals surface area contributed by atoms with Crippen molar-refractivity contribution in [3.8, 4) is 5.75 Å². The van der Waals surface area contributed by atoms with Crippen LogP contribution < -0.4 is 15.0 Å². The maximum atomic E-state index is 13.4. The Kier molecular flexibility index (Phi) is 6.23. The fraction of sp³-hybridized carbons (Fsp3) is 0.444. The van der Waals surface area contributed by atoms with E-state index in [-0.39, 0.29) is 30.3 Å². The molecule has 2 aromatic carbocycles. The topological polar surface area (TPSA) is 82.2 Å². The Bertz CT molecular complexity index is 1140. The zero-order valence-corrected chi connectivity index (χ0v) is 20.3. The van der Waals surface area contributed by atoms with Gasteiger partial charge in [-0.1, -0.05) is 24.3 Å². The average molecular weight is 477 g/mol. The van der Waals surface area contributed by atoms with Gasteiger partial charge in [0.05, 0.1) is 18.4 Å². The van der Waals surface area contributed by atoms with Crippen LogP contribution in [0.1, 0.15) is 48.5 Å². The normalized spacial score (nSPS) is 22.7. The summed E-state index contributed by atoms with van der Waals surface area (Å²) in [7, 11) is 1.67. The van der Waals surface area contributed by atoms with E-state index in [0.717, 1.165) is 38.2 Å². The third kappa shape index (κ3) is 4.38. The van der Waals surface area contributed by atoms with Crippen LogP contribution in [0.2, 0.25) is 0 Å². The first-order chi connectivity index (χ1) is 16.9. The summed E-state index contributed by atoms with van der Waals surface area (Å²) in [5.74, 6) is 0.471. The second-order valence-electron chi connectivity index (χ2n) is 9.82. The zero-order valence-electron chi connectivity index (χ0n) is 20.3. The molecule has 1 N–H and O–H groups in total. The summed E-state index contributed by atoms with van der Waals surface area (Å²) in [6.07, 6.45) is 2.59. The first-order valence-electron chi connectivity index (χ1n) is 12.3. The number of benzene rings is 2. The van der Waals surface area contributed by atoms with Gasteiger partial charge in [0.15, 0.2) is 0 Å². The number of nitrogens with one attached hydrogen (secondary N) is 1. The lowest BCUT2D eigenvalue weighted by atomic mass is 9.98. The summed E-state index contributed by atoms with van der Waals surface area (Å²) < 4.78 is 5.32. The average Bonchev–Trinajstić information content (AvgIpc) is 3.18. The minimum absolute atomic E-state index is 0.0127. The van der Waals surface area contributed by atoms with E-state index in [0.29, 0.717) is 24.1 Å². The Labute approximate surface area is 205 Å². The number of ether oxygens (including phenoxy) is 1. The van der Waals surface area contributed by atoms with E-state index < -0.39 is 5.66 Å². The number of hydrogen-bond acceptors (Lipinski definition) is 5. The molecule has 5 rings (SSSR count). The van der Waals surface area contributed by atoms with Crippen LogP contribution in [0, 0.1) is 0 Å². The highest BCUT2D eigenvalue weighted by atomic mass is 16.5. The van der Waals surface area contributed by atoms with Gasteiger partial charge in [-0.05, 0) is 56.0 Å². The van der Waals surface area contributed by atoms with E-state index in [2.05, 4.69) is 22.3 Å². The van der Waals surface area contributed by atoms with Crippen molar-refractivity contribution in [2.45, 2.75) is 50.9 Å². The van der Waals surface area contributed by atoms with Crippen molar-refractivity contribution >= 4 is 23.4 Å². The van der Waals surface area contributed by atoms with Crippen LogP contribution in [-0.2, 0) is 16.1 Å². The molecule has 8 heteroatoms. The second kappa shape index (κ2) is 9.34. The van der Waals surface area contributed by atoms with Crippen LogP contribution in [-0.4, -0.2) is 66.0 Å². The first-order valence-corrected chi connectivity index (χ1v) is 12.3. The van der Waals surface area contributed by atoms with Gasteiger partial charge in [0, 0.05) is 32.1 Å². The zero-order chi connectivity index (χ0) is 24.6. The SMILES string of the molecule is COc1cccc(CN2CCC(NC(=O)CN3C(=O)c4ccccc4N4C(=O)CCC34C)CC2)c1. The summed E-state index contributed by atoms with van der Waals surface area (Å²) in [4.78, 5) is 44.8. The molecule has 3 aliphatic heterocycles. The number of methoxy groups -OCH3 is 1. The van der Waals surface area contributed by atoms with Crippen molar-refractivity contribution in [3.05, 3.63) is 59.7 Å². The number of likely N-dealkylation sites (tertiary alicyclic amines) is 1. The lowest BCUT2D eigenvalue weighted by Crippen LogP contribution is -2.64. The molecule has 184 valence electrons. The molecule has 2 saturated heterocycles. The highest BCUT2D eigenvalue weighted by molar-refractivity contribution is 6.11. The predicted molar refractivity (Wildman–Crippen MR) is 132 cm³/mol. The van der Waals surface area contributed by atoms with E-state index in [1.807, 2.05) is 31.2 Å². The van der Waals surface area contributed by atoms with Crippen LogP contribution in [0.4, 0.5) is 5.69 Å². The molecule has 8 nitrogen and oxygen atoms in total. The van der Waals surface area contributed by atoms with Gasteiger partial charge in [0.2, 0.25) is 11.8 Å². The predicted octanol–water partition coefficient (Wildman–Crippen LogP) is 2.77. The maximum Gasteiger partial charge on any atom is 0.258 e. The van der Waals surface area contributed by atoms with Crippen molar-refractivity contribution in [2.24, 2.45) is 0 Å². The second-order valence-corrected chi connectivity index (χ2v) is 9.82. The van der Waals surface area contributed by atoms with E-state index in [4.69, 9.17) is 4.74 Å². The molecule has 2 fully saturated rings. The monoisotopic (exact) mass is 476 g/mol. The lowest BCUT2D eigenvalue weighted by Gasteiger charge is -2.48. The summed E-state index contributed by atoms with van der Waals surface area (Å²) in [5, 5.41) is 3.14. The van der Waals surface area contributed by atoms with Gasteiger partial charge in [0.1, 0.15) is 18.0 Å². The summed E-state index contributed by atoms with van der Waals surface area (Å²) in [5.41, 5.74) is 1.50. The van der Waals surface area contributed by atoms with Gasteiger partial charge in [-0.2, -0.15) is 0 Å². The minimum Gasteiger partial charge on any atom is -0.497 e. The number of hydrogen-bond donors (Lipinski definition) is 1. The molecule has 2 aromatic rings. The third-order valence-corrected chi connectivity index (χ3v) is 7.54. The van der Waals surface area contributed by atoms with Crippen LogP contribution >= 0.6 is 0 Å². The molecule has 0 radical (unpaired) electrons. The van der Waals surface area contributed by atoms with Crippen molar-refractivity contribution in [1.82, 2.24) is 15.1 Å². The van der Waals surface area contributed by atoms with Crippen molar-refractivity contribution in [2.75, 3.05) is 31.6 Å². The number of nitrogens with zero attached hydrogens (tertiary/aromatic N) is 3. The smallest absolute Gasteiger partial charge is 0.258 e. The maximum absolute atomic E-state index is 13.4. The van der Waals surface area contributed by atoms with E-state index in [9.17, 15) is 14.4 Å². The molecule has 1 atom stereocenters. The molecule has 1 unspecified atom stereocenters. The fourth-order valence-electron chi connectivity index (χ4n) is 5.62. The van der Waals surface area contributed by atoms with Crippen molar-refractivity contribution in [3.63, 3.8) is 0 Å². The molecule has 3 heterocycles. The Morgan fingerprint density at radius 2 is 1.89 bits per heavy atom. The minimum atomic E-state index is -0.819. The Morgan fingerprint density at radius 1 is 1.11 bits per heavy atom. The number of rotatable bonds is 6. The Balaban J connectivity index is 1.20. The van der Waals surface area contributed by atoms with E-state index in [1.165, 1.54) is 5.56 Å². The lowest BCUT2D eigenvalue weighted by molar-refractivity contribution is -0.124. The summed E-state index contributed by atoms with van der Waals surface area (Å²) in [6.45, 7) is 4.45. The molecule has 3 amide bonds. The largest absolute Gasteiger partial charge is 0.497 e. The standard InChI is InChI=1S/C27H32N4O4/c1-27-13-10-25(33)31(27)23-9-4-3-8-22(23)26(34)30(27)18-24(32)28-20-11-14-29(15-12-20)17-19-6-5-7-21(16-19)35-2/h3-9,16,20H,10-15,17-18H2,1-2H3,(H,28,32). The summed E-state index contributed by atoms with van der Waals surface area (Å²) >= 11 is 0. The van der Waals surface area contributed by atoms with E-state index >= 15 is 0 Å². The number of fused-ring (bicyclic) bond motifs is 3. The molecular weight excluding hydrogens is 444 g/mol. The quantitative estimate of drug-likeness (QED) is 0.693. The van der Waals surface area contributed by atoms with Gasteiger partial charge < -0.3 is 15.0 Å². The van der Waals surface area contributed by atoms with Gasteiger partial charge in [-0.15, -0.1) is 0 Å². The number of anilines is 1. The molecule has 0 spiro atoms. The number of piperidine rings is 1. The molecule has 0 bridgehead atoms. The molecular formula is C27H32N4O4. The highest BCUT2D eigenvalue weighted by Gasteiger charge is 2.53. The van der Waals surface area contributed by atoms with Crippen LogP contribution in [0.5, 0.6) is 5.75 Å². The van der Waals surface area contributed by atoms with Gasteiger partial charge in [-0.3, -0.25) is 24.2 Å². The van der Waals surface area contributed by atoms with Crippen molar-refractivity contribution < 1.29 is 19.1 Å². The van der Waals surface area contributed by atoms with Gasteiger partial charge in [0.25, 0.3) is 5.91 Å². The molecule has 3 aliphatic rings. The number of carbonyl (C=O) groups is 3. The highest BCUT2D eigenvalue weighted by Crippen LogP contribution is 2.43. The molecule has 35 heavy (non-hydrogen) atoms. The third-order valence-electron chi connectivity index (χ3n) is 7.54. The van der Waals surface area contributed by atoms with Gasteiger partial charge in [-0.25, -0.2) is 0 Å². The van der Waals surface area contributed by atoms with Gasteiger partial charge >= 0.3 is 0 Å². The fourth-order valence-corrected chi connectivity index (χ4v) is 5.62. The number of carbonyl (C=O) groups excluding carboxylic acids is 3. The number of para-hydroxylation sites is 1. The van der Waals surface area contributed by atoms with E-state index in [1.54, 1.807) is 29.0 Å². The molecule has 0 aliphatic carbocycles. The summed E-state index contributed by atoms with van der Waals surface area (Å²) in [6, 6.07) is 15.3. The first kappa shape index (κ1) is 23.4. The van der Waals surface area contributed by atoms with Crippen LogP contribution in [0.3, 0.4) is 0 Å². The number of amides is 3. The molecule has 0 aromatic heterocycles. The molecule has 0 saturated carbocycles. The Hall–Kier alpha value is -3.39. The van der Waals surface area contributed by atoms with Crippen LogP contribution in [0.25, 0.3) is 0 Å². The van der Waals surface area contributed by atoms with Crippen molar-refractivity contribution in [1.29, 1.82) is 0 Å².